The van der Waals surface area contributed by atoms with Gasteiger partial charge in [-0.1, -0.05) is 6.92 Å². The van der Waals surface area contributed by atoms with Crippen LogP contribution in [0.1, 0.15) is 23.9 Å². The minimum absolute atomic E-state index is 0.384. The van der Waals surface area contributed by atoms with Crippen LogP contribution in [0, 0.1) is 5.82 Å². The summed E-state index contributed by atoms with van der Waals surface area (Å²) in [6, 6.07) is 4.51. The third kappa shape index (κ3) is 3.54. The summed E-state index contributed by atoms with van der Waals surface area (Å²) in [4.78, 5) is 14.7. The largest absolute Gasteiger partial charge is 0.478 e. The molecule has 0 amide bonds. The Bertz CT molecular complexity index is 647. The summed E-state index contributed by atoms with van der Waals surface area (Å²) in [5, 5.41) is 8.60. The molecule has 0 saturated heterocycles. The Kier molecular flexibility index (Phi) is 4.30. The second-order valence-electron chi connectivity index (χ2n) is 4.39. The zero-order valence-corrected chi connectivity index (χ0v) is 11.1. The van der Waals surface area contributed by atoms with Gasteiger partial charge in [-0.2, -0.15) is 0 Å². The summed E-state index contributed by atoms with van der Waals surface area (Å²) < 4.78 is 15.5. The summed E-state index contributed by atoms with van der Waals surface area (Å²) in [7, 11) is 0. The van der Waals surface area contributed by atoms with Crippen molar-refractivity contribution in [3.8, 4) is 0 Å². The van der Waals surface area contributed by atoms with Crippen molar-refractivity contribution in [3.63, 3.8) is 0 Å². The summed E-state index contributed by atoms with van der Waals surface area (Å²) >= 11 is 0. The fourth-order valence-corrected chi connectivity index (χ4v) is 2.03. The molecular formula is C15H15FN2O2. The smallest absolute Gasteiger partial charge is 0.328 e. The van der Waals surface area contributed by atoms with Gasteiger partial charge >= 0.3 is 5.97 Å². The number of aliphatic carboxylic acids is 1. The molecule has 0 aliphatic rings. The number of carboxylic acids is 1. The first kappa shape index (κ1) is 14.0. The van der Waals surface area contributed by atoms with Crippen molar-refractivity contribution in [1.82, 2.24) is 9.55 Å². The maximum Gasteiger partial charge on any atom is 0.328 e. The van der Waals surface area contributed by atoms with Gasteiger partial charge in [0.2, 0.25) is 0 Å². The molecular weight excluding hydrogens is 259 g/mol. The highest BCUT2D eigenvalue weighted by Gasteiger charge is 2.04. The van der Waals surface area contributed by atoms with Crippen LogP contribution in [-0.4, -0.2) is 20.6 Å². The van der Waals surface area contributed by atoms with Crippen LogP contribution >= 0.6 is 0 Å². The minimum Gasteiger partial charge on any atom is -0.478 e. The average Bonchev–Trinajstić information content (AvgIpc) is 2.83. The molecule has 1 aromatic heterocycles. The lowest BCUT2D eigenvalue weighted by molar-refractivity contribution is -0.131. The monoisotopic (exact) mass is 274 g/mol. The fourth-order valence-electron chi connectivity index (χ4n) is 2.03. The first-order valence-corrected chi connectivity index (χ1v) is 6.29. The number of aromatic nitrogens is 2. The molecule has 1 heterocycles. The number of carboxylic acid groups (broad SMARTS) is 1. The molecule has 0 unspecified atom stereocenters. The first-order chi connectivity index (χ1) is 9.58. The summed E-state index contributed by atoms with van der Waals surface area (Å²) in [6.07, 6.45) is 6.73. The standard InChI is InChI=1S/C15H15FN2O2/c1-2-14-17-5-6-18(14)10-12-7-11(3-4-15(19)20)8-13(16)9-12/h3-9H,2,10H2,1H3,(H,19,20). The van der Waals surface area contributed by atoms with Crippen molar-refractivity contribution >= 4 is 12.0 Å². The van der Waals surface area contributed by atoms with Crippen LogP contribution in [0.4, 0.5) is 4.39 Å². The quantitative estimate of drug-likeness (QED) is 0.853. The molecule has 0 radical (unpaired) electrons. The molecule has 5 heteroatoms. The van der Waals surface area contributed by atoms with Gasteiger partial charge in [-0.3, -0.25) is 0 Å². The summed E-state index contributed by atoms with van der Waals surface area (Å²) in [5.41, 5.74) is 1.29. The van der Waals surface area contributed by atoms with Gasteiger partial charge in [-0.05, 0) is 35.4 Å². The molecule has 20 heavy (non-hydrogen) atoms. The molecule has 1 aromatic carbocycles. The van der Waals surface area contributed by atoms with Crippen LogP contribution in [0.2, 0.25) is 0 Å². The molecule has 2 rings (SSSR count). The molecule has 2 aromatic rings. The number of carbonyl (C=O) groups is 1. The van der Waals surface area contributed by atoms with Crippen LogP contribution < -0.4 is 0 Å². The Labute approximate surface area is 116 Å². The number of halogens is 1. The van der Waals surface area contributed by atoms with Gasteiger partial charge in [0.1, 0.15) is 11.6 Å². The Morgan fingerprint density at radius 1 is 1.45 bits per heavy atom. The number of benzene rings is 1. The van der Waals surface area contributed by atoms with E-state index in [1.54, 1.807) is 12.3 Å². The topological polar surface area (TPSA) is 55.1 Å². The van der Waals surface area contributed by atoms with E-state index in [1.165, 1.54) is 18.2 Å². The van der Waals surface area contributed by atoms with Crippen LogP contribution in [0.3, 0.4) is 0 Å². The average molecular weight is 274 g/mol. The van der Waals surface area contributed by atoms with E-state index in [-0.39, 0.29) is 5.82 Å². The zero-order valence-electron chi connectivity index (χ0n) is 11.1. The van der Waals surface area contributed by atoms with E-state index in [0.29, 0.717) is 12.1 Å². The SMILES string of the molecule is CCc1nccn1Cc1cc(F)cc(C=CC(=O)O)c1. The Morgan fingerprint density at radius 3 is 2.95 bits per heavy atom. The lowest BCUT2D eigenvalue weighted by Crippen LogP contribution is -2.04. The van der Waals surface area contributed by atoms with Crippen LogP contribution in [0.5, 0.6) is 0 Å². The third-order valence-corrected chi connectivity index (χ3v) is 2.87. The van der Waals surface area contributed by atoms with Crippen molar-refractivity contribution in [2.75, 3.05) is 0 Å². The second kappa shape index (κ2) is 6.14. The Morgan fingerprint density at radius 2 is 2.25 bits per heavy atom. The van der Waals surface area contributed by atoms with Crippen molar-refractivity contribution < 1.29 is 14.3 Å². The lowest BCUT2D eigenvalue weighted by Gasteiger charge is -2.08. The predicted molar refractivity (Wildman–Crippen MR) is 73.8 cm³/mol. The normalized spacial score (nSPS) is 11.1. The van der Waals surface area contributed by atoms with Crippen LogP contribution in [-0.2, 0) is 17.8 Å². The van der Waals surface area contributed by atoms with E-state index in [1.807, 2.05) is 17.7 Å². The van der Waals surface area contributed by atoms with E-state index in [0.717, 1.165) is 23.9 Å². The number of imidazole rings is 1. The lowest BCUT2D eigenvalue weighted by atomic mass is 10.1. The van der Waals surface area contributed by atoms with E-state index in [2.05, 4.69) is 4.98 Å². The van der Waals surface area contributed by atoms with E-state index >= 15 is 0 Å². The maximum atomic E-state index is 13.6. The number of hydrogen-bond acceptors (Lipinski definition) is 2. The summed E-state index contributed by atoms with van der Waals surface area (Å²) in [6.45, 7) is 2.51. The Balaban J connectivity index is 2.26. The van der Waals surface area contributed by atoms with Crippen LogP contribution in [0.15, 0.2) is 36.7 Å². The van der Waals surface area contributed by atoms with Gasteiger partial charge in [0.15, 0.2) is 0 Å². The van der Waals surface area contributed by atoms with Gasteiger partial charge in [-0.25, -0.2) is 14.2 Å². The van der Waals surface area contributed by atoms with Gasteiger partial charge < -0.3 is 9.67 Å². The van der Waals surface area contributed by atoms with E-state index < -0.39 is 5.97 Å². The van der Waals surface area contributed by atoms with Gasteiger partial charge in [-0.15, -0.1) is 0 Å². The molecule has 0 fully saturated rings. The van der Waals surface area contributed by atoms with E-state index in [9.17, 15) is 9.18 Å². The highest BCUT2D eigenvalue weighted by Crippen LogP contribution is 2.13. The van der Waals surface area contributed by atoms with Crippen LogP contribution in [0.25, 0.3) is 6.08 Å². The van der Waals surface area contributed by atoms with Gasteiger partial charge in [0.05, 0.1) is 0 Å². The van der Waals surface area contributed by atoms with Crippen molar-refractivity contribution in [2.24, 2.45) is 0 Å². The fraction of sp³-hybridized carbons (Fsp3) is 0.200. The predicted octanol–water partition coefficient (Wildman–Crippen LogP) is 2.73. The molecule has 0 spiro atoms. The van der Waals surface area contributed by atoms with Crippen molar-refractivity contribution in [3.05, 3.63) is 59.4 Å². The molecule has 0 atom stereocenters. The first-order valence-electron chi connectivity index (χ1n) is 6.29. The number of aryl methyl sites for hydroxylation is 1. The molecule has 104 valence electrons. The minimum atomic E-state index is -1.06. The maximum absolute atomic E-state index is 13.6. The molecule has 4 nitrogen and oxygen atoms in total. The molecule has 0 saturated carbocycles. The molecule has 0 aliphatic heterocycles. The van der Waals surface area contributed by atoms with Crippen molar-refractivity contribution in [1.29, 1.82) is 0 Å². The zero-order chi connectivity index (χ0) is 14.5. The van der Waals surface area contributed by atoms with Gasteiger partial charge in [0.25, 0.3) is 0 Å². The second-order valence-corrected chi connectivity index (χ2v) is 4.39. The van der Waals surface area contributed by atoms with Gasteiger partial charge in [0, 0.05) is 31.4 Å². The van der Waals surface area contributed by atoms with Crippen molar-refractivity contribution in [2.45, 2.75) is 19.9 Å². The number of rotatable bonds is 5. The molecule has 0 bridgehead atoms. The highest BCUT2D eigenvalue weighted by atomic mass is 19.1. The Hall–Kier alpha value is -2.43. The number of hydrogen-bond donors (Lipinski definition) is 1. The van der Waals surface area contributed by atoms with E-state index in [4.69, 9.17) is 5.11 Å². The number of nitrogens with zero attached hydrogens (tertiary/aromatic N) is 2. The summed E-state index contributed by atoms with van der Waals surface area (Å²) in [5.74, 6) is -0.513. The highest BCUT2D eigenvalue weighted by molar-refractivity contribution is 5.85. The molecule has 0 aliphatic carbocycles. The third-order valence-electron chi connectivity index (χ3n) is 2.87. The molecule has 1 N–H and O–H groups in total.